The molecule has 9 heavy (non-hydrogen) atoms. The van der Waals surface area contributed by atoms with Gasteiger partial charge in [-0.2, -0.15) is 0 Å². The zero-order valence-corrected chi connectivity index (χ0v) is 5.94. The van der Waals surface area contributed by atoms with Crippen LogP contribution in [0.3, 0.4) is 0 Å². The SMILES string of the molecule is C[C@]12CS(=O)(=O)C[C@@H]1O2. The number of sulfone groups is 1. The number of fused-ring (bicyclic) bond motifs is 1. The molecule has 0 saturated carbocycles. The molecule has 0 aromatic heterocycles. The van der Waals surface area contributed by atoms with Gasteiger partial charge in [-0.05, 0) is 6.92 Å². The molecule has 52 valence electrons. The minimum absolute atomic E-state index is 0.0162. The van der Waals surface area contributed by atoms with Crippen LogP contribution in [0.2, 0.25) is 0 Å². The highest BCUT2D eigenvalue weighted by molar-refractivity contribution is 7.91. The van der Waals surface area contributed by atoms with Crippen LogP contribution in [0.4, 0.5) is 0 Å². The Hall–Kier alpha value is -0.0900. The van der Waals surface area contributed by atoms with Crippen molar-refractivity contribution in [1.29, 1.82) is 0 Å². The summed E-state index contributed by atoms with van der Waals surface area (Å²) in [7, 11) is -2.73. The molecule has 0 radical (unpaired) electrons. The molecule has 2 heterocycles. The monoisotopic (exact) mass is 148 g/mol. The normalized spacial score (nSPS) is 52.8. The van der Waals surface area contributed by atoms with E-state index in [1.165, 1.54) is 0 Å². The van der Waals surface area contributed by atoms with Gasteiger partial charge < -0.3 is 4.74 Å². The summed E-state index contributed by atoms with van der Waals surface area (Å²) in [5.41, 5.74) is -0.293. The third-order valence-corrected chi connectivity index (χ3v) is 3.77. The van der Waals surface area contributed by atoms with Gasteiger partial charge in [-0.3, -0.25) is 0 Å². The predicted molar refractivity (Wildman–Crippen MR) is 31.9 cm³/mol. The Morgan fingerprint density at radius 1 is 1.67 bits per heavy atom. The molecule has 0 bridgehead atoms. The average Bonchev–Trinajstić information content (AvgIpc) is 2.03. The quantitative estimate of drug-likeness (QED) is 0.438. The van der Waals surface area contributed by atoms with Crippen molar-refractivity contribution in [3.63, 3.8) is 0 Å². The number of rotatable bonds is 0. The zero-order chi connectivity index (χ0) is 6.70. The molecule has 3 nitrogen and oxygen atoms in total. The molecule has 2 rings (SSSR count). The second kappa shape index (κ2) is 1.18. The molecule has 2 saturated heterocycles. The van der Waals surface area contributed by atoms with Gasteiger partial charge in [0.15, 0.2) is 9.84 Å². The fourth-order valence-corrected chi connectivity index (χ4v) is 3.48. The molecule has 0 aliphatic carbocycles. The molecule has 0 amide bonds. The lowest BCUT2D eigenvalue weighted by molar-refractivity contribution is 0.322. The molecule has 2 aliphatic heterocycles. The van der Waals surface area contributed by atoms with Gasteiger partial charge in [0.05, 0.1) is 11.5 Å². The second-order valence-electron chi connectivity index (χ2n) is 2.97. The van der Waals surface area contributed by atoms with Crippen molar-refractivity contribution in [2.24, 2.45) is 0 Å². The lowest BCUT2D eigenvalue weighted by Crippen LogP contribution is -2.14. The highest BCUT2D eigenvalue weighted by Crippen LogP contribution is 2.43. The first-order chi connectivity index (χ1) is 4.02. The van der Waals surface area contributed by atoms with Gasteiger partial charge in [-0.15, -0.1) is 0 Å². The van der Waals surface area contributed by atoms with Crippen LogP contribution in [0, 0.1) is 0 Å². The summed E-state index contributed by atoms with van der Waals surface area (Å²) in [6.45, 7) is 1.85. The Morgan fingerprint density at radius 2 is 2.33 bits per heavy atom. The van der Waals surface area contributed by atoms with E-state index < -0.39 is 9.84 Å². The third-order valence-electron chi connectivity index (χ3n) is 1.95. The maximum atomic E-state index is 10.8. The van der Waals surface area contributed by atoms with Crippen LogP contribution < -0.4 is 0 Å². The second-order valence-corrected chi connectivity index (χ2v) is 5.08. The molecule has 2 fully saturated rings. The molecule has 0 aromatic rings. The molecule has 0 unspecified atom stereocenters. The van der Waals surface area contributed by atoms with E-state index in [1.54, 1.807) is 0 Å². The summed E-state index contributed by atoms with van der Waals surface area (Å²) >= 11 is 0. The maximum absolute atomic E-state index is 10.8. The first kappa shape index (κ1) is 5.68. The highest BCUT2D eigenvalue weighted by Gasteiger charge is 2.61. The maximum Gasteiger partial charge on any atom is 0.155 e. The van der Waals surface area contributed by atoms with E-state index in [9.17, 15) is 8.42 Å². The number of epoxide rings is 1. The molecule has 0 spiro atoms. The van der Waals surface area contributed by atoms with E-state index in [0.717, 1.165) is 0 Å². The predicted octanol–water partition coefficient (Wildman–Crippen LogP) is -0.428. The van der Waals surface area contributed by atoms with Crippen LogP contribution >= 0.6 is 0 Å². The van der Waals surface area contributed by atoms with Crippen LogP contribution in [0.15, 0.2) is 0 Å². The molecule has 2 aliphatic rings. The van der Waals surface area contributed by atoms with Crippen LogP contribution in [-0.2, 0) is 14.6 Å². The molecule has 0 aromatic carbocycles. The lowest BCUT2D eigenvalue weighted by Gasteiger charge is -1.96. The highest BCUT2D eigenvalue weighted by atomic mass is 32.2. The average molecular weight is 148 g/mol. The van der Waals surface area contributed by atoms with E-state index in [-0.39, 0.29) is 23.2 Å². The summed E-state index contributed by atoms with van der Waals surface area (Å²) in [5.74, 6) is 0.466. The molecule has 0 N–H and O–H groups in total. The number of hydrogen-bond acceptors (Lipinski definition) is 3. The van der Waals surface area contributed by atoms with Crippen molar-refractivity contribution < 1.29 is 13.2 Å². The van der Waals surface area contributed by atoms with Crippen molar-refractivity contribution in [2.45, 2.75) is 18.6 Å². The molecule has 4 heteroatoms. The first-order valence-corrected chi connectivity index (χ1v) is 4.72. The van der Waals surface area contributed by atoms with Gasteiger partial charge in [0.2, 0.25) is 0 Å². The van der Waals surface area contributed by atoms with Crippen LogP contribution in [0.25, 0.3) is 0 Å². The van der Waals surface area contributed by atoms with Crippen molar-refractivity contribution in [3.8, 4) is 0 Å². The van der Waals surface area contributed by atoms with Gasteiger partial charge in [0, 0.05) is 0 Å². The van der Waals surface area contributed by atoms with E-state index in [2.05, 4.69) is 0 Å². The van der Waals surface area contributed by atoms with Crippen molar-refractivity contribution in [2.75, 3.05) is 11.5 Å². The largest absolute Gasteiger partial charge is 0.364 e. The van der Waals surface area contributed by atoms with E-state index in [4.69, 9.17) is 4.74 Å². The van der Waals surface area contributed by atoms with E-state index in [1.807, 2.05) is 6.92 Å². The van der Waals surface area contributed by atoms with E-state index in [0.29, 0.717) is 0 Å². The number of ether oxygens (including phenoxy) is 1. The standard InChI is InChI=1S/C5H8O3S/c1-5-3-9(6,7)2-4(5)8-5/h4H,2-3H2,1H3/t4-,5-/m0/s1. The van der Waals surface area contributed by atoms with Crippen molar-refractivity contribution in [3.05, 3.63) is 0 Å². The third kappa shape index (κ3) is 0.697. The fraction of sp³-hybridized carbons (Fsp3) is 1.00. The molecular formula is C5H8O3S. The summed E-state index contributed by atoms with van der Waals surface area (Å²) in [5, 5.41) is 0. The topological polar surface area (TPSA) is 46.7 Å². The summed E-state index contributed by atoms with van der Waals surface area (Å²) < 4.78 is 26.7. The minimum Gasteiger partial charge on any atom is -0.364 e. The van der Waals surface area contributed by atoms with Gasteiger partial charge in [-0.25, -0.2) is 8.42 Å². The smallest absolute Gasteiger partial charge is 0.155 e. The Balaban J connectivity index is 2.33. The summed E-state index contributed by atoms with van der Waals surface area (Å²) in [4.78, 5) is 0. The Morgan fingerprint density at radius 3 is 2.56 bits per heavy atom. The lowest BCUT2D eigenvalue weighted by atomic mass is 10.2. The summed E-state index contributed by atoms with van der Waals surface area (Å²) in [6, 6.07) is 0. The van der Waals surface area contributed by atoms with Gasteiger partial charge >= 0.3 is 0 Å². The number of hydrogen-bond donors (Lipinski definition) is 0. The Bertz CT molecular complexity index is 243. The Labute approximate surface area is 53.9 Å². The first-order valence-electron chi connectivity index (χ1n) is 2.90. The van der Waals surface area contributed by atoms with Crippen LogP contribution in [-0.4, -0.2) is 31.6 Å². The van der Waals surface area contributed by atoms with Gasteiger partial charge in [0.1, 0.15) is 11.7 Å². The molecule has 2 atom stereocenters. The zero-order valence-electron chi connectivity index (χ0n) is 5.12. The van der Waals surface area contributed by atoms with Gasteiger partial charge in [0.25, 0.3) is 0 Å². The van der Waals surface area contributed by atoms with Crippen molar-refractivity contribution in [1.82, 2.24) is 0 Å². The van der Waals surface area contributed by atoms with E-state index >= 15 is 0 Å². The van der Waals surface area contributed by atoms with Crippen LogP contribution in [0.5, 0.6) is 0 Å². The fourth-order valence-electron chi connectivity index (χ4n) is 1.35. The summed E-state index contributed by atoms with van der Waals surface area (Å²) in [6.07, 6.45) is 0.0162. The van der Waals surface area contributed by atoms with Gasteiger partial charge in [-0.1, -0.05) is 0 Å². The minimum atomic E-state index is -2.73. The van der Waals surface area contributed by atoms with Crippen LogP contribution in [0.1, 0.15) is 6.92 Å². The van der Waals surface area contributed by atoms with Crippen molar-refractivity contribution >= 4 is 9.84 Å². The molecular weight excluding hydrogens is 140 g/mol. The Kier molecular flexibility index (Phi) is 0.743.